The van der Waals surface area contributed by atoms with E-state index in [1.165, 1.54) is 24.3 Å². The molecule has 0 spiro atoms. The van der Waals surface area contributed by atoms with Crippen LogP contribution in [0.4, 0.5) is 28.2 Å². The summed E-state index contributed by atoms with van der Waals surface area (Å²) in [5, 5.41) is 6.41. The van der Waals surface area contributed by atoms with Crippen LogP contribution in [0.3, 0.4) is 0 Å². The van der Waals surface area contributed by atoms with Crippen LogP contribution in [0.15, 0.2) is 24.7 Å². The van der Waals surface area contributed by atoms with Crippen molar-refractivity contribution in [2.24, 2.45) is 0 Å². The van der Waals surface area contributed by atoms with Gasteiger partial charge in [-0.25, -0.2) is 23.7 Å². The van der Waals surface area contributed by atoms with E-state index in [1.54, 1.807) is 0 Å². The van der Waals surface area contributed by atoms with Crippen LogP contribution in [0.5, 0.6) is 5.88 Å². The van der Waals surface area contributed by atoms with E-state index in [0.29, 0.717) is 0 Å². The minimum Gasteiger partial charge on any atom is -0.480 e. The third kappa shape index (κ3) is 4.63. The van der Waals surface area contributed by atoms with Crippen molar-refractivity contribution >= 4 is 23.3 Å². The standard InChI is InChI=1S/C23H23F4N7O4/c1-37-21-13(20(35)32-16-9-33(8-15(16)24)22(36)38-12-3-2-4-12)5-11(7-29-21)17-6-14(23(25,26)27)18-19(28)30-10-31-34(17)18/h5-7,10,12,15-16H,2-4,8-9H2,1H3,(H,32,35)(H2,28,30,31)/t15-,16+/m0/s1. The fourth-order valence-electron chi connectivity index (χ4n) is 4.41. The molecule has 202 valence electrons. The lowest BCUT2D eigenvalue weighted by atomic mass is 9.96. The second-order valence-electron chi connectivity index (χ2n) is 9.07. The van der Waals surface area contributed by atoms with E-state index >= 15 is 0 Å². The van der Waals surface area contributed by atoms with Gasteiger partial charge in [0.25, 0.3) is 5.91 Å². The second kappa shape index (κ2) is 9.61. The lowest BCUT2D eigenvalue weighted by molar-refractivity contribution is -0.136. The number of likely N-dealkylation sites (tertiary alicyclic amines) is 1. The van der Waals surface area contributed by atoms with Crippen LogP contribution >= 0.6 is 0 Å². The van der Waals surface area contributed by atoms with E-state index < -0.39 is 41.5 Å². The molecule has 2 atom stereocenters. The van der Waals surface area contributed by atoms with Crippen molar-refractivity contribution in [1.29, 1.82) is 0 Å². The number of hydrogen-bond donors (Lipinski definition) is 2. The van der Waals surface area contributed by atoms with Crippen LogP contribution in [-0.4, -0.2) is 75.0 Å². The van der Waals surface area contributed by atoms with Gasteiger partial charge in [-0.15, -0.1) is 0 Å². The number of aromatic nitrogens is 4. The molecule has 2 aliphatic rings. The number of ether oxygens (including phenoxy) is 2. The smallest absolute Gasteiger partial charge is 0.418 e. The minimum absolute atomic E-state index is 0.0558. The first kappa shape index (κ1) is 25.5. The Morgan fingerprint density at radius 3 is 2.61 bits per heavy atom. The normalized spacial score (nSPS) is 19.9. The number of methoxy groups -OCH3 is 1. The zero-order chi connectivity index (χ0) is 27.2. The molecule has 38 heavy (non-hydrogen) atoms. The summed E-state index contributed by atoms with van der Waals surface area (Å²) in [7, 11) is 1.26. The molecule has 0 unspecified atom stereocenters. The number of fused-ring (bicyclic) bond motifs is 1. The number of nitrogens with zero attached hydrogens (tertiary/aromatic N) is 5. The number of carbonyl (C=O) groups is 2. The Bertz CT molecular complexity index is 1390. The highest BCUT2D eigenvalue weighted by molar-refractivity contribution is 5.98. The first-order valence-electron chi connectivity index (χ1n) is 11.7. The topological polar surface area (TPSA) is 137 Å². The van der Waals surface area contributed by atoms with Gasteiger partial charge in [0.1, 0.15) is 29.7 Å². The van der Waals surface area contributed by atoms with Crippen molar-refractivity contribution < 1.29 is 36.6 Å². The highest BCUT2D eigenvalue weighted by atomic mass is 19.4. The molecule has 0 aromatic carbocycles. The Labute approximate surface area is 212 Å². The Balaban J connectivity index is 1.42. The number of nitrogens with two attached hydrogens (primary N) is 1. The molecule has 4 heterocycles. The van der Waals surface area contributed by atoms with Gasteiger partial charge < -0.3 is 25.4 Å². The lowest BCUT2D eigenvalue weighted by Crippen LogP contribution is -2.42. The van der Waals surface area contributed by atoms with Crippen LogP contribution < -0.4 is 15.8 Å². The van der Waals surface area contributed by atoms with Crippen LogP contribution in [0.25, 0.3) is 16.8 Å². The molecule has 3 aromatic rings. The van der Waals surface area contributed by atoms with Gasteiger partial charge in [-0.3, -0.25) is 4.79 Å². The molecule has 0 bridgehead atoms. The fraction of sp³-hybridized carbons (Fsp3) is 0.435. The van der Waals surface area contributed by atoms with E-state index in [-0.39, 0.29) is 47.7 Å². The van der Waals surface area contributed by atoms with Crippen molar-refractivity contribution in [1.82, 2.24) is 29.8 Å². The summed E-state index contributed by atoms with van der Waals surface area (Å²) < 4.78 is 67.2. The Morgan fingerprint density at radius 2 is 1.95 bits per heavy atom. The third-order valence-corrected chi connectivity index (χ3v) is 6.62. The van der Waals surface area contributed by atoms with Crippen molar-refractivity contribution in [3.8, 4) is 17.1 Å². The zero-order valence-electron chi connectivity index (χ0n) is 20.0. The van der Waals surface area contributed by atoms with E-state index in [0.717, 1.165) is 36.2 Å². The van der Waals surface area contributed by atoms with Crippen LogP contribution in [0.2, 0.25) is 0 Å². The van der Waals surface area contributed by atoms with Crippen LogP contribution in [0.1, 0.15) is 35.2 Å². The quantitative estimate of drug-likeness (QED) is 0.474. The first-order chi connectivity index (χ1) is 18.1. The van der Waals surface area contributed by atoms with Gasteiger partial charge in [0.2, 0.25) is 5.88 Å². The molecule has 1 aliphatic carbocycles. The highest BCUT2D eigenvalue weighted by Crippen LogP contribution is 2.39. The van der Waals surface area contributed by atoms with Gasteiger partial charge in [0.15, 0.2) is 5.82 Å². The van der Waals surface area contributed by atoms with E-state index in [9.17, 15) is 27.2 Å². The fourth-order valence-corrected chi connectivity index (χ4v) is 4.41. The van der Waals surface area contributed by atoms with Crippen molar-refractivity contribution in [3.63, 3.8) is 0 Å². The van der Waals surface area contributed by atoms with E-state index in [2.05, 4.69) is 20.4 Å². The predicted octanol–water partition coefficient (Wildman–Crippen LogP) is 2.84. The van der Waals surface area contributed by atoms with Crippen LogP contribution in [-0.2, 0) is 10.9 Å². The van der Waals surface area contributed by atoms with Gasteiger partial charge in [-0.2, -0.15) is 18.3 Å². The third-order valence-electron chi connectivity index (χ3n) is 6.62. The molecule has 2 amide bonds. The zero-order valence-corrected chi connectivity index (χ0v) is 20.0. The Morgan fingerprint density at radius 1 is 1.18 bits per heavy atom. The maximum atomic E-state index is 14.7. The molecule has 2 fully saturated rings. The molecule has 1 aliphatic heterocycles. The average molecular weight is 537 g/mol. The number of rotatable bonds is 5. The SMILES string of the molecule is COc1ncc(-c2cc(C(F)(F)F)c3c(N)ncnn23)cc1C(=O)N[C@@H]1CN(C(=O)OC2CCC2)C[C@@H]1F. The largest absolute Gasteiger partial charge is 0.480 e. The second-order valence-corrected chi connectivity index (χ2v) is 9.07. The van der Waals surface area contributed by atoms with Crippen molar-refractivity contribution in [3.05, 3.63) is 35.8 Å². The summed E-state index contributed by atoms with van der Waals surface area (Å²) in [5.74, 6) is -1.30. The number of alkyl halides is 4. The van der Waals surface area contributed by atoms with Gasteiger partial charge in [0, 0.05) is 18.3 Å². The first-order valence-corrected chi connectivity index (χ1v) is 11.7. The molecular formula is C23H23F4N7O4. The molecule has 3 N–H and O–H groups in total. The number of carbonyl (C=O) groups excluding carboxylic acids is 2. The maximum Gasteiger partial charge on any atom is 0.418 e. The summed E-state index contributed by atoms with van der Waals surface area (Å²) in [6.07, 6.45) is -2.42. The highest BCUT2D eigenvalue weighted by Gasteiger charge is 2.39. The average Bonchev–Trinajstić information content (AvgIpc) is 3.42. The number of nitrogens with one attached hydrogen (secondary N) is 1. The maximum absolute atomic E-state index is 14.7. The molecule has 0 radical (unpaired) electrons. The lowest BCUT2D eigenvalue weighted by Gasteiger charge is -2.27. The Kier molecular flexibility index (Phi) is 6.44. The van der Waals surface area contributed by atoms with Gasteiger partial charge >= 0.3 is 12.3 Å². The predicted molar refractivity (Wildman–Crippen MR) is 124 cm³/mol. The molecule has 1 saturated heterocycles. The molecular weight excluding hydrogens is 514 g/mol. The number of amides is 2. The monoisotopic (exact) mass is 537 g/mol. The summed E-state index contributed by atoms with van der Waals surface area (Å²) >= 11 is 0. The van der Waals surface area contributed by atoms with Crippen LogP contribution in [0, 0.1) is 0 Å². The van der Waals surface area contributed by atoms with E-state index in [4.69, 9.17) is 15.2 Å². The molecule has 11 nitrogen and oxygen atoms in total. The van der Waals surface area contributed by atoms with Gasteiger partial charge in [-0.05, 0) is 31.4 Å². The van der Waals surface area contributed by atoms with Gasteiger partial charge in [-0.1, -0.05) is 0 Å². The Hall–Kier alpha value is -4.17. The molecule has 1 saturated carbocycles. The minimum atomic E-state index is -4.76. The molecule has 5 rings (SSSR count). The van der Waals surface area contributed by atoms with Crippen molar-refractivity contribution in [2.75, 3.05) is 25.9 Å². The number of hydrogen-bond acceptors (Lipinski definition) is 8. The number of halogens is 4. The summed E-state index contributed by atoms with van der Waals surface area (Å²) in [6.45, 7) is -0.355. The molecule has 3 aromatic heterocycles. The number of nitrogen functional groups attached to an aromatic ring is 1. The number of anilines is 1. The molecule has 15 heteroatoms. The van der Waals surface area contributed by atoms with Gasteiger partial charge in [0.05, 0.1) is 31.0 Å². The summed E-state index contributed by atoms with van der Waals surface area (Å²) in [4.78, 5) is 34.3. The summed E-state index contributed by atoms with van der Waals surface area (Å²) in [5.41, 5.74) is 4.07. The summed E-state index contributed by atoms with van der Waals surface area (Å²) in [6, 6.07) is 1.04. The van der Waals surface area contributed by atoms with Crippen molar-refractivity contribution in [2.45, 2.75) is 43.8 Å². The van der Waals surface area contributed by atoms with E-state index in [1.807, 2.05) is 0 Å². The number of pyridine rings is 1.